The van der Waals surface area contributed by atoms with Crippen molar-refractivity contribution in [3.63, 3.8) is 0 Å². The first kappa shape index (κ1) is 18.5. The molecule has 132 valence electrons. The van der Waals surface area contributed by atoms with Crippen molar-refractivity contribution in [2.24, 2.45) is 5.92 Å². The Kier molecular flexibility index (Phi) is 5.99. The number of carbonyl (C=O) groups is 2. The van der Waals surface area contributed by atoms with Gasteiger partial charge in [-0.1, -0.05) is 32.0 Å². The van der Waals surface area contributed by atoms with Crippen molar-refractivity contribution in [3.8, 4) is 0 Å². The maximum Gasteiger partial charge on any atom is 0.308 e. The number of aryl methyl sites for hydroxylation is 2. The van der Waals surface area contributed by atoms with Crippen molar-refractivity contribution in [2.45, 2.75) is 40.2 Å². The van der Waals surface area contributed by atoms with E-state index in [1.54, 1.807) is 4.90 Å². The molecule has 5 heteroatoms. The van der Waals surface area contributed by atoms with E-state index >= 15 is 0 Å². The fourth-order valence-corrected chi connectivity index (χ4v) is 3.28. The number of carboxylic acids is 1. The molecule has 0 spiro atoms. The topological polar surface area (TPSA) is 60.9 Å². The number of amides is 1. The van der Waals surface area contributed by atoms with E-state index in [0.717, 1.165) is 25.2 Å². The number of carbonyl (C=O) groups excluding carboxylic acids is 1. The Labute approximate surface area is 144 Å². The molecule has 1 aliphatic rings. The zero-order chi connectivity index (χ0) is 17.9. The molecular formula is C19H28N2O3. The molecule has 1 saturated heterocycles. The van der Waals surface area contributed by atoms with Crippen LogP contribution in [-0.4, -0.2) is 53.0 Å². The molecule has 0 radical (unpaired) electrons. The Bertz CT molecular complexity index is 611. The van der Waals surface area contributed by atoms with Gasteiger partial charge in [-0.05, 0) is 43.6 Å². The van der Waals surface area contributed by atoms with Crippen LogP contribution in [0.15, 0.2) is 18.2 Å². The highest BCUT2D eigenvalue weighted by molar-refractivity contribution is 5.86. The largest absolute Gasteiger partial charge is 0.481 e. The molecule has 2 atom stereocenters. The summed E-state index contributed by atoms with van der Waals surface area (Å²) in [5.74, 6) is -1.53. The average molecular weight is 332 g/mol. The van der Waals surface area contributed by atoms with Crippen molar-refractivity contribution in [1.82, 2.24) is 9.80 Å². The maximum absolute atomic E-state index is 12.5. The lowest BCUT2D eigenvalue weighted by molar-refractivity contribution is -0.141. The fourth-order valence-electron chi connectivity index (χ4n) is 3.28. The monoisotopic (exact) mass is 332 g/mol. The van der Waals surface area contributed by atoms with Crippen LogP contribution >= 0.6 is 0 Å². The number of carboxylic acid groups (broad SMARTS) is 1. The van der Waals surface area contributed by atoms with Gasteiger partial charge in [0, 0.05) is 19.5 Å². The van der Waals surface area contributed by atoms with Crippen LogP contribution < -0.4 is 0 Å². The van der Waals surface area contributed by atoms with Gasteiger partial charge in [-0.25, -0.2) is 0 Å². The third-order valence-electron chi connectivity index (χ3n) is 5.13. The minimum Gasteiger partial charge on any atom is -0.481 e. The lowest BCUT2D eigenvalue weighted by atomic mass is 9.99. The van der Waals surface area contributed by atoms with E-state index in [1.807, 2.05) is 0 Å². The van der Waals surface area contributed by atoms with Gasteiger partial charge in [-0.3, -0.25) is 9.59 Å². The number of aliphatic carboxylic acids is 1. The van der Waals surface area contributed by atoms with Crippen molar-refractivity contribution < 1.29 is 14.7 Å². The molecule has 1 fully saturated rings. The Balaban J connectivity index is 2.33. The van der Waals surface area contributed by atoms with E-state index in [4.69, 9.17) is 0 Å². The van der Waals surface area contributed by atoms with E-state index < -0.39 is 11.9 Å². The highest BCUT2D eigenvalue weighted by Crippen LogP contribution is 2.30. The fraction of sp³-hybridized carbons (Fsp3) is 0.579. The molecule has 1 aliphatic heterocycles. The lowest BCUT2D eigenvalue weighted by Gasteiger charge is -2.33. The maximum atomic E-state index is 12.5. The summed E-state index contributed by atoms with van der Waals surface area (Å²) in [7, 11) is 0. The molecule has 0 aromatic heterocycles. The molecule has 1 amide bonds. The highest BCUT2D eigenvalue weighted by Gasteiger charge is 2.38. The molecule has 0 bridgehead atoms. The van der Waals surface area contributed by atoms with Gasteiger partial charge in [0.15, 0.2) is 0 Å². The summed E-state index contributed by atoms with van der Waals surface area (Å²) in [6.45, 7) is 11.2. The predicted octanol–water partition coefficient (Wildman–Crippen LogP) is 2.62. The summed E-state index contributed by atoms with van der Waals surface area (Å²) in [5.41, 5.74) is 3.50. The van der Waals surface area contributed by atoms with Crippen LogP contribution in [0.25, 0.3) is 0 Å². The van der Waals surface area contributed by atoms with Gasteiger partial charge in [0.2, 0.25) is 5.91 Å². The smallest absolute Gasteiger partial charge is 0.308 e. The van der Waals surface area contributed by atoms with E-state index in [0.29, 0.717) is 6.54 Å². The molecule has 24 heavy (non-hydrogen) atoms. The summed E-state index contributed by atoms with van der Waals surface area (Å²) in [6, 6.07) is 6.18. The second-order valence-electron chi connectivity index (χ2n) is 6.63. The van der Waals surface area contributed by atoms with Crippen LogP contribution in [0, 0.1) is 19.8 Å². The number of benzene rings is 1. The second-order valence-corrected chi connectivity index (χ2v) is 6.63. The van der Waals surface area contributed by atoms with E-state index in [9.17, 15) is 14.7 Å². The summed E-state index contributed by atoms with van der Waals surface area (Å²) in [5, 5.41) is 9.27. The number of rotatable bonds is 7. The van der Waals surface area contributed by atoms with Gasteiger partial charge in [-0.2, -0.15) is 0 Å². The van der Waals surface area contributed by atoms with Crippen molar-refractivity contribution in [3.05, 3.63) is 34.9 Å². The lowest BCUT2D eigenvalue weighted by Crippen LogP contribution is -2.39. The van der Waals surface area contributed by atoms with E-state index in [1.165, 1.54) is 11.1 Å². The molecule has 2 unspecified atom stereocenters. The van der Waals surface area contributed by atoms with Gasteiger partial charge in [0.25, 0.3) is 0 Å². The summed E-state index contributed by atoms with van der Waals surface area (Å²) < 4.78 is 0. The Hall–Kier alpha value is -1.88. The van der Waals surface area contributed by atoms with Gasteiger partial charge in [0.05, 0.1) is 12.0 Å². The Morgan fingerprint density at radius 2 is 1.96 bits per heavy atom. The highest BCUT2D eigenvalue weighted by atomic mass is 16.4. The number of nitrogens with zero attached hydrogens (tertiary/aromatic N) is 2. The summed E-state index contributed by atoms with van der Waals surface area (Å²) >= 11 is 0. The normalized spacial score (nSPS) is 19.1. The van der Waals surface area contributed by atoms with Crippen LogP contribution in [-0.2, 0) is 9.59 Å². The molecule has 5 nitrogen and oxygen atoms in total. The van der Waals surface area contributed by atoms with Crippen molar-refractivity contribution in [2.75, 3.05) is 26.2 Å². The van der Waals surface area contributed by atoms with Crippen molar-refractivity contribution >= 4 is 11.9 Å². The number of likely N-dealkylation sites (N-methyl/N-ethyl adjacent to an activating group) is 1. The van der Waals surface area contributed by atoms with Gasteiger partial charge in [0.1, 0.15) is 0 Å². The summed E-state index contributed by atoms with van der Waals surface area (Å²) in [4.78, 5) is 27.8. The van der Waals surface area contributed by atoms with Gasteiger partial charge < -0.3 is 14.9 Å². The minimum atomic E-state index is -0.882. The van der Waals surface area contributed by atoms with Crippen molar-refractivity contribution in [1.29, 1.82) is 0 Å². The van der Waals surface area contributed by atoms with Crippen LogP contribution in [0.3, 0.4) is 0 Å². The predicted molar refractivity (Wildman–Crippen MR) is 93.9 cm³/mol. The average Bonchev–Trinajstić information content (AvgIpc) is 2.93. The molecule has 1 N–H and O–H groups in total. The van der Waals surface area contributed by atoms with Crippen LogP contribution in [0.1, 0.15) is 43.0 Å². The molecule has 1 heterocycles. The molecular weight excluding hydrogens is 304 g/mol. The first-order valence-corrected chi connectivity index (χ1v) is 8.69. The minimum absolute atomic E-state index is 0.0576. The van der Waals surface area contributed by atoms with E-state index in [-0.39, 0.29) is 18.4 Å². The van der Waals surface area contributed by atoms with Gasteiger partial charge >= 0.3 is 5.97 Å². The van der Waals surface area contributed by atoms with Crippen LogP contribution in [0.2, 0.25) is 0 Å². The van der Waals surface area contributed by atoms with Crippen LogP contribution in [0.4, 0.5) is 0 Å². The molecule has 2 rings (SSSR count). The molecule has 1 aromatic rings. The van der Waals surface area contributed by atoms with Crippen LogP contribution in [0.5, 0.6) is 0 Å². The first-order valence-electron chi connectivity index (χ1n) is 8.69. The quantitative estimate of drug-likeness (QED) is 0.834. The Morgan fingerprint density at radius 3 is 2.46 bits per heavy atom. The third-order valence-corrected chi connectivity index (χ3v) is 5.13. The van der Waals surface area contributed by atoms with E-state index in [2.05, 4.69) is 50.8 Å². The summed E-state index contributed by atoms with van der Waals surface area (Å²) in [6.07, 6.45) is 0.106. The molecule has 0 aliphatic carbocycles. The molecule has 1 aromatic carbocycles. The number of hydrogen-bond acceptors (Lipinski definition) is 3. The first-order chi connectivity index (χ1) is 11.4. The van der Waals surface area contributed by atoms with Gasteiger partial charge in [-0.15, -0.1) is 0 Å². The standard InChI is InChI=1S/C19H28N2O3/c1-5-20(6-2)12-17(15-8-7-13(3)14(4)9-15)21-11-16(19(23)24)10-18(21)22/h7-9,16-17H,5-6,10-12H2,1-4H3,(H,23,24). The Morgan fingerprint density at radius 1 is 1.29 bits per heavy atom. The SMILES string of the molecule is CCN(CC)CC(c1ccc(C)c(C)c1)N1CC(C(=O)O)CC1=O. The number of hydrogen-bond donors (Lipinski definition) is 1. The third kappa shape index (κ3) is 3.96. The second kappa shape index (κ2) is 7.79. The zero-order valence-corrected chi connectivity index (χ0v) is 15.1. The zero-order valence-electron chi connectivity index (χ0n) is 15.1. The number of likely N-dealkylation sites (tertiary alicyclic amines) is 1. The molecule has 0 saturated carbocycles.